The molecule has 0 bridgehead atoms. The van der Waals surface area contributed by atoms with Crippen LogP contribution in [-0.4, -0.2) is 46.7 Å². The fraction of sp³-hybridized carbons (Fsp3) is 0.200. The molecule has 1 atom stereocenters. The molecule has 1 N–H and O–H groups in total. The van der Waals surface area contributed by atoms with Crippen LogP contribution in [0, 0.1) is 6.92 Å². The van der Waals surface area contributed by atoms with Crippen LogP contribution in [0.15, 0.2) is 71.6 Å². The maximum absolute atomic E-state index is 12.9. The van der Waals surface area contributed by atoms with Crippen LogP contribution in [0.4, 0.5) is 11.4 Å². The van der Waals surface area contributed by atoms with Crippen molar-refractivity contribution in [1.29, 1.82) is 0 Å². The predicted octanol–water partition coefficient (Wildman–Crippen LogP) is 3.80. The van der Waals surface area contributed by atoms with E-state index in [0.29, 0.717) is 27.9 Å². The average molecular weight is 531 g/mol. The van der Waals surface area contributed by atoms with Gasteiger partial charge < -0.3 is 19.1 Å². The Morgan fingerprint density at radius 2 is 1.83 bits per heavy atom. The topological polar surface area (TPSA) is 111 Å². The highest BCUT2D eigenvalue weighted by Gasteiger charge is 2.34. The first-order chi connectivity index (χ1) is 17.2. The van der Waals surface area contributed by atoms with E-state index in [4.69, 9.17) is 25.8 Å². The number of methoxy groups -OCH3 is 1. The number of hydrogen-bond donors (Lipinski definition) is 1. The van der Waals surface area contributed by atoms with E-state index in [1.165, 1.54) is 42.3 Å². The number of carbonyl (C=O) groups excluding carboxylic acids is 2. The molecule has 0 unspecified atom stereocenters. The largest absolute Gasteiger partial charge is 0.484 e. The summed E-state index contributed by atoms with van der Waals surface area (Å²) in [7, 11) is -2.61. The number of sulfonamides is 1. The summed E-state index contributed by atoms with van der Waals surface area (Å²) in [6, 6.07) is 17.4. The van der Waals surface area contributed by atoms with E-state index in [0.717, 1.165) is 5.56 Å². The van der Waals surface area contributed by atoms with Gasteiger partial charge in [-0.2, -0.15) is 0 Å². The van der Waals surface area contributed by atoms with E-state index < -0.39 is 28.0 Å². The number of rotatable bonds is 7. The molecule has 3 aromatic carbocycles. The summed E-state index contributed by atoms with van der Waals surface area (Å²) < 4.78 is 43.9. The number of anilines is 2. The van der Waals surface area contributed by atoms with Crippen molar-refractivity contribution < 1.29 is 32.2 Å². The third-order valence-electron chi connectivity index (χ3n) is 5.46. The molecule has 11 heteroatoms. The standard InChI is InChI=1S/C25H23ClN2O7S/c1-16-7-8-17(13-20(16)26)27-36(31,32)19-11-9-18(10-12-19)34-15-24(29)28-14-23(25(30)33-2)35-22-6-4-3-5-21(22)28/h3-13,23,27H,14-15H2,1-2H3/t23-/m1/s1. The maximum Gasteiger partial charge on any atom is 0.348 e. The first-order valence-corrected chi connectivity index (χ1v) is 12.7. The molecule has 1 aliphatic heterocycles. The Hall–Kier alpha value is -3.76. The predicted molar refractivity (Wildman–Crippen MR) is 134 cm³/mol. The van der Waals surface area contributed by atoms with Gasteiger partial charge in [-0.1, -0.05) is 29.8 Å². The number of carbonyl (C=O) groups is 2. The Balaban J connectivity index is 1.42. The second-order valence-corrected chi connectivity index (χ2v) is 10.0. The number of nitrogens with zero attached hydrogens (tertiary/aromatic N) is 1. The Labute approximate surface area is 213 Å². The van der Waals surface area contributed by atoms with Gasteiger partial charge in [0, 0.05) is 5.02 Å². The van der Waals surface area contributed by atoms with E-state index >= 15 is 0 Å². The number of ether oxygens (including phenoxy) is 3. The van der Waals surface area contributed by atoms with Gasteiger partial charge in [0.15, 0.2) is 6.61 Å². The lowest BCUT2D eigenvalue weighted by molar-refractivity contribution is -0.148. The third-order valence-corrected chi connectivity index (χ3v) is 7.26. The van der Waals surface area contributed by atoms with Crippen molar-refractivity contribution in [2.24, 2.45) is 0 Å². The molecule has 0 spiro atoms. The summed E-state index contributed by atoms with van der Waals surface area (Å²) in [6.45, 7) is 1.45. The van der Waals surface area contributed by atoms with E-state index in [1.807, 2.05) is 6.92 Å². The van der Waals surface area contributed by atoms with Gasteiger partial charge >= 0.3 is 5.97 Å². The van der Waals surface area contributed by atoms with Crippen LogP contribution in [0.1, 0.15) is 5.56 Å². The minimum Gasteiger partial charge on any atom is -0.484 e. The van der Waals surface area contributed by atoms with Gasteiger partial charge in [0.25, 0.3) is 15.9 Å². The number of halogens is 1. The minimum atomic E-state index is -3.86. The Morgan fingerprint density at radius 1 is 1.11 bits per heavy atom. The molecule has 0 saturated carbocycles. The molecule has 36 heavy (non-hydrogen) atoms. The molecule has 1 amide bonds. The SMILES string of the molecule is COC(=O)[C@H]1CN(C(=O)COc2ccc(S(=O)(=O)Nc3ccc(C)c(Cl)c3)cc2)c2ccccc2O1. The first kappa shape index (κ1) is 25.3. The van der Waals surface area contributed by atoms with Crippen molar-refractivity contribution in [3.8, 4) is 11.5 Å². The van der Waals surface area contributed by atoms with Crippen LogP contribution in [0.25, 0.3) is 0 Å². The van der Waals surface area contributed by atoms with E-state index in [1.54, 1.807) is 36.4 Å². The lowest BCUT2D eigenvalue weighted by atomic mass is 10.2. The van der Waals surface area contributed by atoms with Crippen LogP contribution in [0.3, 0.4) is 0 Å². The van der Waals surface area contributed by atoms with Gasteiger partial charge in [-0.05, 0) is 61.0 Å². The van der Waals surface area contributed by atoms with Crippen molar-refractivity contribution >= 4 is 44.9 Å². The van der Waals surface area contributed by atoms with E-state index in [2.05, 4.69) is 4.72 Å². The molecule has 1 aliphatic rings. The van der Waals surface area contributed by atoms with Gasteiger partial charge in [-0.15, -0.1) is 0 Å². The molecular weight excluding hydrogens is 508 g/mol. The van der Waals surface area contributed by atoms with Gasteiger partial charge in [-0.25, -0.2) is 13.2 Å². The third kappa shape index (κ3) is 5.55. The summed E-state index contributed by atoms with van der Waals surface area (Å²) in [5.74, 6) is -0.327. The van der Waals surface area contributed by atoms with Crippen molar-refractivity contribution in [3.05, 3.63) is 77.3 Å². The summed E-state index contributed by atoms with van der Waals surface area (Å²) in [5.41, 5.74) is 1.68. The summed E-state index contributed by atoms with van der Waals surface area (Å²) >= 11 is 6.07. The van der Waals surface area contributed by atoms with Crippen molar-refractivity contribution in [2.75, 3.05) is 29.9 Å². The molecule has 0 aliphatic carbocycles. The smallest absolute Gasteiger partial charge is 0.348 e. The molecule has 0 fully saturated rings. The van der Waals surface area contributed by atoms with Crippen molar-refractivity contribution in [1.82, 2.24) is 0 Å². The first-order valence-electron chi connectivity index (χ1n) is 10.8. The number of esters is 1. The van der Waals surface area contributed by atoms with Crippen LogP contribution in [0.5, 0.6) is 11.5 Å². The number of amides is 1. The molecule has 0 radical (unpaired) electrons. The number of aryl methyl sites for hydroxylation is 1. The average Bonchev–Trinajstić information content (AvgIpc) is 2.88. The molecule has 188 valence electrons. The van der Waals surface area contributed by atoms with Gasteiger partial charge in [0.1, 0.15) is 11.5 Å². The molecular formula is C25H23ClN2O7S. The second-order valence-electron chi connectivity index (χ2n) is 7.93. The van der Waals surface area contributed by atoms with Crippen molar-refractivity contribution in [2.45, 2.75) is 17.9 Å². The molecule has 3 aromatic rings. The second kappa shape index (κ2) is 10.5. The van der Waals surface area contributed by atoms with E-state index in [-0.39, 0.29) is 18.0 Å². The summed E-state index contributed by atoms with van der Waals surface area (Å²) in [6.07, 6.45) is -0.964. The highest BCUT2D eigenvalue weighted by molar-refractivity contribution is 7.92. The maximum atomic E-state index is 12.9. The Bertz CT molecular complexity index is 1390. The van der Waals surface area contributed by atoms with E-state index in [9.17, 15) is 18.0 Å². The zero-order valence-electron chi connectivity index (χ0n) is 19.4. The lowest BCUT2D eigenvalue weighted by Crippen LogP contribution is -2.48. The quantitative estimate of drug-likeness (QED) is 0.462. The molecule has 1 heterocycles. The number of nitrogens with one attached hydrogen (secondary N) is 1. The highest BCUT2D eigenvalue weighted by atomic mass is 35.5. The molecule has 0 aromatic heterocycles. The van der Waals surface area contributed by atoms with Crippen LogP contribution >= 0.6 is 11.6 Å². The van der Waals surface area contributed by atoms with Gasteiger partial charge in [0.05, 0.1) is 29.9 Å². The zero-order chi connectivity index (χ0) is 25.9. The molecule has 0 saturated heterocycles. The van der Waals surface area contributed by atoms with Gasteiger partial charge in [-0.3, -0.25) is 9.52 Å². The molecule has 4 rings (SSSR count). The molecule has 9 nitrogen and oxygen atoms in total. The Morgan fingerprint density at radius 3 is 2.53 bits per heavy atom. The van der Waals surface area contributed by atoms with Crippen molar-refractivity contribution in [3.63, 3.8) is 0 Å². The van der Waals surface area contributed by atoms with Crippen LogP contribution in [-0.2, 0) is 24.3 Å². The number of hydrogen-bond acceptors (Lipinski definition) is 7. The fourth-order valence-electron chi connectivity index (χ4n) is 3.53. The fourth-order valence-corrected chi connectivity index (χ4v) is 4.76. The van der Waals surface area contributed by atoms with Crippen LogP contribution < -0.4 is 19.1 Å². The number of benzene rings is 3. The Kier molecular flexibility index (Phi) is 7.37. The monoisotopic (exact) mass is 530 g/mol. The summed E-state index contributed by atoms with van der Waals surface area (Å²) in [5, 5.41) is 0.449. The van der Waals surface area contributed by atoms with Crippen LogP contribution in [0.2, 0.25) is 5.02 Å². The van der Waals surface area contributed by atoms with Gasteiger partial charge in [0.2, 0.25) is 6.10 Å². The number of para-hydroxylation sites is 2. The number of fused-ring (bicyclic) bond motifs is 1. The summed E-state index contributed by atoms with van der Waals surface area (Å²) in [4.78, 5) is 26.4. The normalized spacial score (nSPS) is 14.9. The minimum absolute atomic E-state index is 0.0147. The lowest BCUT2D eigenvalue weighted by Gasteiger charge is -2.33. The highest BCUT2D eigenvalue weighted by Crippen LogP contribution is 2.33. The zero-order valence-corrected chi connectivity index (χ0v) is 21.0.